The Bertz CT molecular complexity index is 190. The number of unbranched alkanes of at least 4 members (excludes halogenated alkanes) is 2. The lowest BCUT2D eigenvalue weighted by molar-refractivity contribution is 0.215. The van der Waals surface area contributed by atoms with Crippen molar-refractivity contribution in [3.8, 4) is 0 Å². The lowest BCUT2D eigenvalue weighted by atomic mass is 10.1. The Balaban J connectivity index is 3.67. The van der Waals surface area contributed by atoms with Gasteiger partial charge in [0.05, 0.1) is 0 Å². The summed E-state index contributed by atoms with van der Waals surface area (Å²) >= 11 is 0. The Kier molecular flexibility index (Phi) is 11.6. The second kappa shape index (κ2) is 11.7. The third-order valence-electron chi connectivity index (χ3n) is 3.19. The van der Waals surface area contributed by atoms with Crippen molar-refractivity contribution < 1.29 is 0 Å². The van der Waals surface area contributed by atoms with E-state index in [1.165, 1.54) is 52.0 Å². The Morgan fingerprint density at radius 2 is 1.53 bits per heavy atom. The zero-order valence-corrected chi connectivity index (χ0v) is 14.2. The molecule has 0 spiro atoms. The summed E-state index contributed by atoms with van der Waals surface area (Å²) < 4.78 is 0. The van der Waals surface area contributed by atoms with Gasteiger partial charge in [-0.1, -0.05) is 34.1 Å². The molecule has 19 heavy (non-hydrogen) atoms. The highest BCUT2D eigenvalue weighted by atomic mass is 15.2. The number of hydrogen-bond donors (Lipinski definition) is 1. The first kappa shape index (κ1) is 18.9. The Morgan fingerprint density at radius 1 is 0.842 bits per heavy atom. The minimum atomic E-state index is 0.623. The largest absolute Gasteiger partial charge is 0.315 e. The van der Waals surface area contributed by atoms with Gasteiger partial charge in [-0.25, -0.2) is 0 Å². The van der Waals surface area contributed by atoms with Crippen molar-refractivity contribution in [2.24, 2.45) is 5.92 Å². The van der Waals surface area contributed by atoms with Crippen molar-refractivity contribution in [2.45, 2.75) is 53.0 Å². The predicted octanol–water partition coefficient (Wildman–Crippen LogP) is 2.67. The van der Waals surface area contributed by atoms with Gasteiger partial charge in [0.25, 0.3) is 0 Å². The molecule has 0 radical (unpaired) electrons. The van der Waals surface area contributed by atoms with Crippen LogP contribution in [0.3, 0.4) is 0 Å². The van der Waals surface area contributed by atoms with Gasteiger partial charge in [-0.2, -0.15) is 0 Å². The van der Waals surface area contributed by atoms with Gasteiger partial charge in [0.1, 0.15) is 0 Å². The number of nitrogens with one attached hydrogen (secondary N) is 1. The molecule has 3 heteroatoms. The lowest BCUT2D eigenvalue weighted by Crippen LogP contribution is -2.35. The first-order valence-electron chi connectivity index (χ1n) is 8.02. The third-order valence-corrected chi connectivity index (χ3v) is 3.19. The third kappa shape index (κ3) is 14.1. The van der Waals surface area contributed by atoms with Crippen molar-refractivity contribution in [1.29, 1.82) is 0 Å². The number of hydrogen-bond acceptors (Lipinski definition) is 3. The van der Waals surface area contributed by atoms with Crippen molar-refractivity contribution in [2.75, 3.05) is 46.8 Å². The topological polar surface area (TPSA) is 18.5 Å². The number of nitrogens with zero attached hydrogens (tertiary/aromatic N) is 2. The fourth-order valence-corrected chi connectivity index (χ4v) is 2.18. The first-order chi connectivity index (χ1) is 8.91. The average molecular weight is 271 g/mol. The molecule has 0 aromatic carbocycles. The molecule has 0 fully saturated rings. The van der Waals surface area contributed by atoms with Gasteiger partial charge in [0, 0.05) is 25.7 Å². The summed E-state index contributed by atoms with van der Waals surface area (Å²) in [6, 6.07) is 0.623. The standard InChI is InChI=1S/C16H37N3/c1-15(2)14-19(13-12-18(5)6)11-9-7-8-10-17-16(3)4/h15-17H,7-14H2,1-6H3. The van der Waals surface area contributed by atoms with Crippen molar-refractivity contribution in [1.82, 2.24) is 15.1 Å². The molecule has 3 nitrogen and oxygen atoms in total. The summed E-state index contributed by atoms with van der Waals surface area (Å²) in [6.45, 7) is 15.1. The SMILES string of the molecule is CC(C)CN(CCCCCNC(C)C)CCN(C)C. The summed E-state index contributed by atoms with van der Waals surface area (Å²) in [7, 11) is 4.32. The Labute approximate surface area is 121 Å². The van der Waals surface area contributed by atoms with Gasteiger partial charge in [-0.15, -0.1) is 0 Å². The second-order valence-electron chi connectivity index (χ2n) is 6.67. The molecular formula is C16H37N3. The van der Waals surface area contributed by atoms with Crippen LogP contribution in [0.5, 0.6) is 0 Å². The Morgan fingerprint density at radius 3 is 2.05 bits per heavy atom. The molecule has 0 amide bonds. The lowest BCUT2D eigenvalue weighted by Gasteiger charge is -2.25. The molecule has 0 saturated heterocycles. The Hall–Kier alpha value is -0.120. The molecule has 0 unspecified atom stereocenters. The summed E-state index contributed by atoms with van der Waals surface area (Å²) in [5.41, 5.74) is 0. The van der Waals surface area contributed by atoms with Crippen molar-refractivity contribution >= 4 is 0 Å². The highest BCUT2D eigenvalue weighted by Gasteiger charge is 2.07. The van der Waals surface area contributed by atoms with Crippen molar-refractivity contribution in [3.05, 3.63) is 0 Å². The molecule has 0 aromatic heterocycles. The maximum absolute atomic E-state index is 3.49. The zero-order chi connectivity index (χ0) is 14.7. The monoisotopic (exact) mass is 271 g/mol. The molecule has 0 saturated carbocycles. The minimum absolute atomic E-state index is 0.623. The van der Waals surface area contributed by atoms with Gasteiger partial charge in [-0.3, -0.25) is 0 Å². The van der Waals surface area contributed by atoms with Gasteiger partial charge in [0.15, 0.2) is 0 Å². The maximum Gasteiger partial charge on any atom is 0.0109 e. The van der Waals surface area contributed by atoms with Gasteiger partial charge < -0.3 is 15.1 Å². The van der Waals surface area contributed by atoms with Crippen LogP contribution >= 0.6 is 0 Å². The molecule has 116 valence electrons. The van der Waals surface area contributed by atoms with E-state index in [9.17, 15) is 0 Å². The van der Waals surface area contributed by atoms with E-state index in [0.717, 1.165) is 5.92 Å². The minimum Gasteiger partial charge on any atom is -0.315 e. The summed E-state index contributed by atoms with van der Waals surface area (Å²) in [5, 5.41) is 3.49. The summed E-state index contributed by atoms with van der Waals surface area (Å²) in [6.07, 6.45) is 3.98. The summed E-state index contributed by atoms with van der Waals surface area (Å²) in [5.74, 6) is 0.768. The van der Waals surface area contributed by atoms with E-state index in [1.54, 1.807) is 0 Å². The van der Waals surface area contributed by atoms with Crippen LogP contribution in [0.4, 0.5) is 0 Å². The normalized spacial score (nSPS) is 12.3. The fourth-order valence-electron chi connectivity index (χ4n) is 2.18. The molecule has 0 aliphatic heterocycles. The van der Waals surface area contributed by atoms with Crippen LogP contribution < -0.4 is 5.32 Å². The van der Waals surface area contributed by atoms with E-state index in [4.69, 9.17) is 0 Å². The molecule has 0 heterocycles. The molecule has 0 atom stereocenters. The molecule has 0 aliphatic rings. The maximum atomic E-state index is 3.49. The van der Waals surface area contributed by atoms with Crippen LogP contribution in [-0.4, -0.2) is 62.7 Å². The predicted molar refractivity (Wildman–Crippen MR) is 86.8 cm³/mol. The molecule has 0 rings (SSSR count). The van der Waals surface area contributed by atoms with Crippen molar-refractivity contribution in [3.63, 3.8) is 0 Å². The van der Waals surface area contributed by atoms with Crippen LogP contribution in [0.25, 0.3) is 0 Å². The zero-order valence-electron chi connectivity index (χ0n) is 14.2. The van der Waals surface area contributed by atoms with Gasteiger partial charge in [0.2, 0.25) is 0 Å². The highest BCUT2D eigenvalue weighted by molar-refractivity contribution is 4.63. The van der Waals surface area contributed by atoms with E-state index in [-0.39, 0.29) is 0 Å². The van der Waals surface area contributed by atoms with Crippen LogP contribution in [0.15, 0.2) is 0 Å². The van der Waals surface area contributed by atoms with E-state index < -0.39 is 0 Å². The van der Waals surface area contributed by atoms with E-state index >= 15 is 0 Å². The molecule has 0 aromatic rings. The average Bonchev–Trinajstić information content (AvgIpc) is 2.29. The quantitative estimate of drug-likeness (QED) is 0.551. The van der Waals surface area contributed by atoms with Crippen LogP contribution in [0, 0.1) is 5.92 Å². The van der Waals surface area contributed by atoms with Crippen LogP contribution in [0.1, 0.15) is 47.0 Å². The summed E-state index contributed by atoms with van der Waals surface area (Å²) in [4.78, 5) is 4.90. The van der Waals surface area contributed by atoms with E-state index in [1.807, 2.05) is 0 Å². The van der Waals surface area contributed by atoms with E-state index in [2.05, 4.69) is 56.9 Å². The smallest absolute Gasteiger partial charge is 0.0109 e. The van der Waals surface area contributed by atoms with Crippen LogP contribution in [0.2, 0.25) is 0 Å². The fraction of sp³-hybridized carbons (Fsp3) is 1.00. The first-order valence-corrected chi connectivity index (χ1v) is 8.02. The van der Waals surface area contributed by atoms with Gasteiger partial charge in [-0.05, 0) is 45.9 Å². The molecular weight excluding hydrogens is 234 g/mol. The van der Waals surface area contributed by atoms with E-state index in [0.29, 0.717) is 6.04 Å². The van der Waals surface area contributed by atoms with Crippen LogP contribution in [-0.2, 0) is 0 Å². The second-order valence-corrected chi connectivity index (χ2v) is 6.67. The molecule has 0 bridgehead atoms. The molecule has 1 N–H and O–H groups in total. The number of likely N-dealkylation sites (N-methyl/N-ethyl adjacent to an activating group) is 1. The highest BCUT2D eigenvalue weighted by Crippen LogP contribution is 2.03. The number of rotatable bonds is 12. The van der Waals surface area contributed by atoms with Gasteiger partial charge >= 0.3 is 0 Å². The molecule has 0 aliphatic carbocycles.